The lowest BCUT2D eigenvalue weighted by Crippen LogP contribution is -2.46. The Balaban J connectivity index is 2.13. The molecular weight excluding hydrogens is 299 g/mol. The molecular formula is C13H17FN2O2S2. The molecule has 20 heavy (non-hydrogen) atoms. The predicted octanol–water partition coefficient (Wildman–Crippen LogP) is 1.08. The summed E-state index contributed by atoms with van der Waals surface area (Å²) in [7, 11) is -2.95. The Bertz CT molecular complexity index is 631. The van der Waals surface area contributed by atoms with Gasteiger partial charge in [0.25, 0.3) is 0 Å². The van der Waals surface area contributed by atoms with Crippen LogP contribution in [0.4, 0.5) is 4.39 Å². The molecule has 0 bridgehead atoms. The van der Waals surface area contributed by atoms with Crippen molar-refractivity contribution in [2.24, 2.45) is 5.73 Å². The van der Waals surface area contributed by atoms with E-state index < -0.39 is 9.84 Å². The van der Waals surface area contributed by atoms with Gasteiger partial charge in [0.2, 0.25) is 0 Å². The highest BCUT2D eigenvalue weighted by Gasteiger charge is 2.28. The summed E-state index contributed by atoms with van der Waals surface area (Å²) < 4.78 is 37.0. The third-order valence-electron chi connectivity index (χ3n) is 3.52. The summed E-state index contributed by atoms with van der Waals surface area (Å²) in [6.45, 7) is 2.66. The quantitative estimate of drug-likeness (QED) is 0.846. The number of hydrogen-bond donors (Lipinski definition) is 1. The predicted molar refractivity (Wildman–Crippen MR) is 80.8 cm³/mol. The zero-order valence-corrected chi connectivity index (χ0v) is 12.8. The molecule has 1 aliphatic rings. The maximum absolute atomic E-state index is 14.0. The van der Waals surface area contributed by atoms with Crippen molar-refractivity contribution in [2.75, 3.05) is 18.1 Å². The molecule has 0 radical (unpaired) electrons. The Hall–Kier alpha value is -1.05. The number of halogens is 1. The van der Waals surface area contributed by atoms with Gasteiger partial charge in [0.15, 0.2) is 9.84 Å². The first-order valence-corrected chi connectivity index (χ1v) is 8.54. The van der Waals surface area contributed by atoms with Crippen molar-refractivity contribution in [1.29, 1.82) is 0 Å². The van der Waals surface area contributed by atoms with Crippen molar-refractivity contribution in [3.8, 4) is 0 Å². The van der Waals surface area contributed by atoms with E-state index in [1.165, 1.54) is 6.07 Å². The summed E-state index contributed by atoms with van der Waals surface area (Å²) >= 11 is 4.80. The fourth-order valence-corrected chi connectivity index (χ4v) is 4.07. The summed E-state index contributed by atoms with van der Waals surface area (Å²) in [6, 6.07) is 4.55. The molecule has 0 aliphatic carbocycles. The molecule has 1 atom stereocenters. The molecule has 0 aromatic heterocycles. The largest absolute Gasteiger partial charge is 0.389 e. The number of benzene rings is 1. The van der Waals surface area contributed by atoms with Gasteiger partial charge in [-0.1, -0.05) is 24.4 Å². The molecule has 110 valence electrons. The van der Waals surface area contributed by atoms with Gasteiger partial charge in [-0.25, -0.2) is 12.8 Å². The van der Waals surface area contributed by atoms with Crippen LogP contribution < -0.4 is 5.73 Å². The van der Waals surface area contributed by atoms with E-state index in [2.05, 4.69) is 0 Å². The highest BCUT2D eigenvalue weighted by Crippen LogP contribution is 2.18. The van der Waals surface area contributed by atoms with Gasteiger partial charge in [0.1, 0.15) is 10.8 Å². The minimum atomic E-state index is -2.95. The van der Waals surface area contributed by atoms with E-state index in [4.69, 9.17) is 18.0 Å². The summed E-state index contributed by atoms with van der Waals surface area (Å²) in [5.41, 5.74) is 6.48. The number of nitrogens with zero attached hydrogens (tertiary/aromatic N) is 1. The summed E-state index contributed by atoms with van der Waals surface area (Å²) in [5, 5.41) is 0. The molecule has 7 heteroatoms. The number of sulfone groups is 1. The topological polar surface area (TPSA) is 63.4 Å². The van der Waals surface area contributed by atoms with Crippen LogP contribution in [0.3, 0.4) is 0 Å². The second-order valence-corrected chi connectivity index (χ2v) is 7.77. The zero-order valence-electron chi connectivity index (χ0n) is 11.2. The van der Waals surface area contributed by atoms with Crippen LogP contribution in [0, 0.1) is 5.82 Å². The normalized spacial score (nSPS) is 22.6. The first-order chi connectivity index (χ1) is 9.28. The SMILES string of the molecule is CC1CS(=O)(=O)CCN1Cc1ccc(C(N)=S)cc1F. The van der Waals surface area contributed by atoms with E-state index in [0.29, 0.717) is 24.2 Å². The molecule has 1 aromatic carbocycles. The molecule has 0 saturated carbocycles. The third kappa shape index (κ3) is 3.53. The maximum atomic E-state index is 14.0. The minimum absolute atomic E-state index is 0.108. The van der Waals surface area contributed by atoms with E-state index in [9.17, 15) is 12.8 Å². The van der Waals surface area contributed by atoms with Crippen LogP contribution in [0.2, 0.25) is 0 Å². The molecule has 1 aromatic rings. The van der Waals surface area contributed by atoms with E-state index in [0.717, 1.165) is 0 Å². The average Bonchev–Trinajstić information content (AvgIpc) is 2.33. The summed E-state index contributed by atoms with van der Waals surface area (Å²) in [4.78, 5) is 2.13. The molecule has 2 N–H and O–H groups in total. The van der Waals surface area contributed by atoms with Gasteiger partial charge in [0.05, 0.1) is 11.5 Å². The fraction of sp³-hybridized carbons (Fsp3) is 0.462. The third-order valence-corrected chi connectivity index (χ3v) is 5.55. The van der Waals surface area contributed by atoms with Crippen LogP contribution in [0.25, 0.3) is 0 Å². The molecule has 2 rings (SSSR count). The van der Waals surface area contributed by atoms with Crippen LogP contribution in [0.5, 0.6) is 0 Å². The van der Waals surface area contributed by atoms with Gasteiger partial charge < -0.3 is 5.73 Å². The molecule has 1 saturated heterocycles. The highest BCUT2D eigenvalue weighted by atomic mass is 32.2. The van der Waals surface area contributed by atoms with Crippen LogP contribution >= 0.6 is 12.2 Å². The molecule has 1 unspecified atom stereocenters. The van der Waals surface area contributed by atoms with Gasteiger partial charge in [-0.2, -0.15) is 0 Å². The van der Waals surface area contributed by atoms with Gasteiger partial charge in [-0.05, 0) is 13.0 Å². The van der Waals surface area contributed by atoms with E-state index >= 15 is 0 Å². The van der Waals surface area contributed by atoms with Crippen LogP contribution in [0.1, 0.15) is 18.1 Å². The van der Waals surface area contributed by atoms with Crippen molar-refractivity contribution >= 4 is 27.0 Å². The molecule has 1 heterocycles. The van der Waals surface area contributed by atoms with Crippen molar-refractivity contribution in [3.05, 3.63) is 35.1 Å². The number of hydrogen-bond acceptors (Lipinski definition) is 4. The van der Waals surface area contributed by atoms with E-state index in [1.807, 2.05) is 11.8 Å². The standard InChI is InChI=1S/C13H17FN2O2S2/c1-9-8-20(17,18)5-4-16(9)7-11-3-2-10(13(15)19)6-12(11)14/h2-3,6,9H,4-5,7-8H2,1H3,(H2,15,19). The molecule has 0 spiro atoms. The van der Waals surface area contributed by atoms with Gasteiger partial charge >= 0.3 is 0 Å². The van der Waals surface area contributed by atoms with Crippen LogP contribution in [-0.4, -0.2) is 42.4 Å². The fourth-order valence-electron chi connectivity index (χ4n) is 2.32. The second-order valence-electron chi connectivity index (χ2n) is 5.10. The Labute approximate surface area is 123 Å². The molecule has 1 aliphatic heterocycles. The molecule has 0 amide bonds. The Kier molecular flexibility index (Phi) is 4.41. The first-order valence-electron chi connectivity index (χ1n) is 6.31. The smallest absolute Gasteiger partial charge is 0.153 e. The van der Waals surface area contributed by atoms with Crippen molar-refractivity contribution in [3.63, 3.8) is 0 Å². The Morgan fingerprint density at radius 2 is 2.25 bits per heavy atom. The van der Waals surface area contributed by atoms with Crippen molar-refractivity contribution in [1.82, 2.24) is 4.90 Å². The maximum Gasteiger partial charge on any atom is 0.153 e. The highest BCUT2D eigenvalue weighted by molar-refractivity contribution is 7.91. The van der Waals surface area contributed by atoms with Gasteiger partial charge in [-0.3, -0.25) is 4.90 Å². The van der Waals surface area contributed by atoms with Crippen LogP contribution in [0.15, 0.2) is 18.2 Å². The number of thiocarbonyl (C=S) groups is 1. The van der Waals surface area contributed by atoms with Gasteiger partial charge in [0, 0.05) is 30.3 Å². The molecule has 4 nitrogen and oxygen atoms in total. The van der Waals surface area contributed by atoms with Crippen molar-refractivity contribution in [2.45, 2.75) is 19.5 Å². The lowest BCUT2D eigenvalue weighted by molar-refractivity contribution is 0.215. The second kappa shape index (κ2) is 5.75. The first kappa shape index (κ1) is 15.3. The zero-order chi connectivity index (χ0) is 14.9. The number of nitrogens with two attached hydrogens (primary N) is 1. The van der Waals surface area contributed by atoms with Crippen LogP contribution in [-0.2, 0) is 16.4 Å². The summed E-state index contributed by atoms with van der Waals surface area (Å²) in [6.07, 6.45) is 0. The number of rotatable bonds is 3. The average molecular weight is 316 g/mol. The van der Waals surface area contributed by atoms with E-state index in [1.54, 1.807) is 12.1 Å². The molecule has 1 fully saturated rings. The minimum Gasteiger partial charge on any atom is -0.389 e. The summed E-state index contributed by atoms with van der Waals surface area (Å²) in [5.74, 6) is -0.111. The van der Waals surface area contributed by atoms with Crippen molar-refractivity contribution < 1.29 is 12.8 Å². The Morgan fingerprint density at radius 3 is 2.80 bits per heavy atom. The van der Waals surface area contributed by atoms with Gasteiger partial charge in [-0.15, -0.1) is 0 Å². The lowest BCUT2D eigenvalue weighted by atomic mass is 10.1. The monoisotopic (exact) mass is 316 g/mol. The van der Waals surface area contributed by atoms with E-state index in [-0.39, 0.29) is 28.4 Å². The Morgan fingerprint density at radius 1 is 1.55 bits per heavy atom. The lowest BCUT2D eigenvalue weighted by Gasteiger charge is -2.33.